The van der Waals surface area contributed by atoms with Crippen molar-refractivity contribution in [2.75, 3.05) is 0 Å². The Morgan fingerprint density at radius 2 is 2.18 bits per heavy atom. The largest absolute Gasteiger partial charge is 0.541 e. The minimum atomic E-state index is 0.662. The molecule has 1 heterocycles. The molecule has 0 N–H and O–H groups in total. The highest BCUT2D eigenvalue weighted by Crippen LogP contribution is 2.22. The van der Waals surface area contributed by atoms with Gasteiger partial charge in [0.05, 0.1) is 0 Å². The fourth-order valence-electron chi connectivity index (χ4n) is 1.29. The second-order valence-corrected chi connectivity index (χ2v) is 3.70. The summed E-state index contributed by atoms with van der Waals surface area (Å²) < 4.78 is 5.58. The van der Waals surface area contributed by atoms with Gasteiger partial charge in [-0.25, -0.2) is 0 Å². The first-order valence-corrected chi connectivity index (χ1v) is 5.06. The summed E-state index contributed by atoms with van der Waals surface area (Å²) in [6.45, 7) is 0. The minimum Gasteiger partial charge on any atom is -0.541 e. The van der Waals surface area contributed by atoms with Crippen LogP contribution in [0.2, 0.25) is 6.04 Å². The van der Waals surface area contributed by atoms with E-state index in [0.29, 0.717) is 9.76 Å². The van der Waals surface area contributed by atoms with E-state index >= 15 is 0 Å². The smallest absolute Gasteiger partial charge is 0.310 e. The molecule has 1 nitrogen and oxygen atoms in total. The predicted molar refractivity (Wildman–Crippen MR) is 46.0 cm³/mol. The highest BCUT2D eigenvalue weighted by atomic mass is 28.2. The van der Waals surface area contributed by atoms with Crippen LogP contribution in [0.25, 0.3) is 0 Å². The minimum absolute atomic E-state index is 0.662. The van der Waals surface area contributed by atoms with Gasteiger partial charge in [-0.05, 0) is 30.5 Å². The molecule has 0 aromatic heterocycles. The monoisotopic (exact) mass is 162 g/mol. The van der Waals surface area contributed by atoms with E-state index < -0.39 is 0 Å². The lowest BCUT2D eigenvalue weighted by atomic mass is 10.1. The molecule has 0 bridgehead atoms. The molecule has 0 saturated carbocycles. The molecule has 0 spiro atoms. The fraction of sp³-hybridized carbons (Fsp3) is 0.333. The van der Waals surface area contributed by atoms with Crippen LogP contribution >= 0.6 is 0 Å². The summed E-state index contributed by atoms with van der Waals surface area (Å²) in [4.78, 5) is 0. The Hall–Kier alpha value is -0.763. The second kappa shape index (κ2) is 3.09. The zero-order chi connectivity index (χ0) is 7.52. The molecule has 0 saturated heterocycles. The van der Waals surface area contributed by atoms with Gasteiger partial charge in [0, 0.05) is 0 Å². The van der Waals surface area contributed by atoms with E-state index in [-0.39, 0.29) is 0 Å². The number of aryl methyl sites for hydroxylation is 1. The van der Waals surface area contributed by atoms with Gasteiger partial charge in [-0.2, -0.15) is 0 Å². The molecule has 2 heteroatoms. The maximum Gasteiger partial charge on any atom is 0.310 e. The van der Waals surface area contributed by atoms with Gasteiger partial charge < -0.3 is 4.43 Å². The van der Waals surface area contributed by atoms with Crippen molar-refractivity contribution in [3.63, 3.8) is 0 Å². The van der Waals surface area contributed by atoms with Gasteiger partial charge in [-0.15, -0.1) is 0 Å². The van der Waals surface area contributed by atoms with Gasteiger partial charge in [0.25, 0.3) is 0 Å². The van der Waals surface area contributed by atoms with Crippen LogP contribution in [0.3, 0.4) is 0 Å². The van der Waals surface area contributed by atoms with Crippen molar-refractivity contribution in [1.29, 1.82) is 0 Å². The quantitative estimate of drug-likeness (QED) is 0.530. The highest BCUT2D eigenvalue weighted by molar-refractivity contribution is 6.28. The summed E-state index contributed by atoms with van der Waals surface area (Å²) in [7, 11) is 0.662. The van der Waals surface area contributed by atoms with Crippen LogP contribution in [0.1, 0.15) is 12.0 Å². The Balaban J connectivity index is 2.33. The van der Waals surface area contributed by atoms with Gasteiger partial charge >= 0.3 is 9.76 Å². The topological polar surface area (TPSA) is 9.23 Å². The fourth-order valence-corrected chi connectivity index (χ4v) is 2.07. The third-order valence-corrected chi connectivity index (χ3v) is 2.80. The first-order chi connectivity index (χ1) is 5.47. The van der Waals surface area contributed by atoms with Crippen LogP contribution < -0.4 is 4.43 Å². The molecule has 1 aromatic rings. The molecular weight excluding hydrogens is 152 g/mol. The summed E-state index contributed by atoms with van der Waals surface area (Å²) in [5.74, 6) is 1.10. The molecule has 2 rings (SSSR count). The molecule has 0 fully saturated rings. The van der Waals surface area contributed by atoms with Crippen LogP contribution in [-0.2, 0) is 6.42 Å². The number of para-hydroxylation sites is 1. The lowest BCUT2D eigenvalue weighted by molar-refractivity contribution is 0.594. The van der Waals surface area contributed by atoms with Crippen LogP contribution in [0.5, 0.6) is 5.75 Å². The number of hydrogen-bond acceptors (Lipinski definition) is 1. The van der Waals surface area contributed by atoms with Crippen molar-refractivity contribution in [2.24, 2.45) is 0 Å². The Labute approximate surface area is 69.3 Å². The Morgan fingerprint density at radius 1 is 1.27 bits per heavy atom. The van der Waals surface area contributed by atoms with Gasteiger partial charge in [0.15, 0.2) is 0 Å². The van der Waals surface area contributed by atoms with Gasteiger partial charge in [-0.3, -0.25) is 0 Å². The molecule has 0 aliphatic carbocycles. The van der Waals surface area contributed by atoms with Crippen molar-refractivity contribution < 1.29 is 4.43 Å². The lowest BCUT2D eigenvalue weighted by Gasteiger charge is -2.04. The van der Waals surface area contributed by atoms with Crippen LogP contribution in [0.4, 0.5) is 0 Å². The van der Waals surface area contributed by atoms with Crippen LogP contribution in [0, 0.1) is 0 Å². The maximum atomic E-state index is 5.58. The Kier molecular flexibility index (Phi) is 1.94. The summed E-state index contributed by atoms with van der Waals surface area (Å²) in [5.41, 5.74) is 1.37. The van der Waals surface area contributed by atoms with Gasteiger partial charge in [-0.1, -0.05) is 18.2 Å². The van der Waals surface area contributed by atoms with Crippen molar-refractivity contribution in [1.82, 2.24) is 0 Å². The van der Waals surface area contributed by atoms with E-state index in [1.54, 1.807) is 0 Å². The standard InChI is InChI=1S/C9H10OSi/c1-2-6-9-8(4-1)5-3-7-11-10-9/h1-2,4,6H,3,5,7H2. The summed E-state index contributed by atoms with van der Waals surface area (Å²) in [6, 6.07) is 9.55. The molecule has 11 heavy (non-hydrogen) atoms. The van der Waals surface area contributed by atoms with Crippen molar-refractivity contribution in [3.05, 3.63) is 29.8 Å². The van der Waals surface area contributed by atoms with E-state index in [0.717, 1.165) is 5.75 Å². The molecule has 0 unspecified atom stereocenters. The zero-order valence-corrected chi connectivity index (χ0v) is 7.34. The van der Waals surface area contributed by atoms with Crippen molar-refractivity contribution >= 4 is 9.76 Å². The zero-order valence-electron chi connectivity index (χ0n) is 6.34. The molecule has 1 aliphatic heterocycles. The third kappa shape index (κ3) is 1.45. The lowest BCUT2D eigenvalue weighted by Crippen LogP contribution is -1.98. The average Bonchev–Trinajstić information content (AvgIpc) is 2.28. The predicted octanol–water partition coefficient (Wildman–Crippen LogP) is 2.05. The Morgan fingerprint density at radius 3 is 3.18 bits per heavy atom. The van der Waals surface area contributed by atoms with Crippen molar-refractivity contribution in [2.45, 2.75) is 18.9 Å². The van der Waals surface area contributed by atoms with E-state index in [1.807, 2.05) is 6.07 Å². The highest BCUT2D eigenvalue weighted by Gasteiger charge is 2.07. The third-order valence-electron chi connectivity index (χ3n) is 1.88. The molecule has 56 valence electrons. The van der Waals surface area contributed by atoms with E-state index in [4.69, 9.17) is 4.43 Å². The molecule has 1 aromatic carbocycles. The van der Waals surface area contributed by atoms with Crippen LogP contribution in [-0.4, -0.2) is 9.76 Å². The molecule has 2 radical (unpaired) electrons. The van der Waals surface area contributed by atoms with Crippen molar-refractivity contribution in [3.8, 4) is 5.75 Å². The number of benzene rings is 1. The summed E-state index contributed by atoms with van der Waals surface area (Å²) in [5, 5.41) is 0. The van der Waals surface area contributed by atoms with E-state index in [2.05, 4.69) is 18.2 Å². The number of fused-ring (bicyclic) bond motifs is 1. The average molecular weight is 162 g/mol. The molecule has 1 aliphatic rings. The molecular formula is C9H10OSi. The second-order valence-electron chi connectivity index (χ2n) is 2.71. The maximum absolute atomic E-state index is 5.58. The van der Waals surface area contributed by atoms with Gasteiger partial charge in [0.1, 0.15) is 5.75 Å². The number of rotatable bonds is 0. The Bertz CT molecular complexity index is 222. The first-order valence-electron chi connectivity index (χ1n) is 3.94. The normalized spacial score (nSPS) is 16.4. The van der Waals surface area contributed by atoms with E-state index in [1.165, 1.54) is 24.4 Å². The number of hydrogen-bond donors (Lipinski definition) is 0. The SMILES string of the molecule is c1ccc2c(c1)CCC[Si]O2. The summed E-state index contributed by atoms with van der Waals surface area (Å²) in [6.07, 6.45) is 2.46. The molecule has 0 atom stereocenters. The van der Waals surface area contributed by atoms with Crippen LogP contribution in [0.15, 0.2) is 24.3 Å². The summed E-state index contributed by atoms with van der Waals surface area (Å²) >= 11 is 0. The van der Waals surface area contributed by atoms with Gasteiger partial charge in [0.2, 0.25) is 0 Å². The van der Waals surface area contributed by atoms with E-state index in [9.17, 15) is 0 Å². The first kappa shape index (κ1) is 6.92. The molecule has 0 amide bonds.